The average Bonchev–Trinajstić information content (AvgIpc) is 2.74. The summed E-state index contributed by atoms with van der Waals surface area (Å²) >= 11 is 6.04. The Hall–Kier alpha value is -3.64. The van der Waals surface area contributed by atoms with Crippen LogP contribution in [0.5, 0.6) is 5.75 Å². The van der Waals surface area contributed by atoms with E-state index in [9.17, 15) is 14.4 Å². The Bertz CT molecular complexity index is 1120. The molecule has 0 unspecified atom stereocenters. The molecule has 1 aliphatic rings. The molecule has 1 atom stereocenters. The first-order chi connectivity index (χ1) is 14.5. The van der Waals surface area contributed by atoms with Gasteiger partial charge in [-0.25, -0.2) is 4.79 Å². The molecule has 0 spiro atoms. The molecule has 0 saturated heterocycles. The molecule has 0 aromatic heterocycles. The molecule has 30 heavy (non-hydrogen) atoms. The second kappa shape index (κ2) is 8.39. The minimum atomic E-state index is -1.12. The van der Waals surface area contributed by atoms with Crippen LogP contribution in [0.1, 0.15) is 16.8 Å². The van der Waals surface area contributed by atoms with E-state index in [1.165, 1.54) is 11.0 Å². The first-order valence-electron chi connectivity index (χ1n) is 9.27. The molecule has 150 valence electrons. The van der Waals surface area contributed by atoms with Crippen LogP contribution in [-0.4, -0.2) is 23.8 Å². The van der Waals surface area contributed by atoms with Gasteiger partial charge in [0.2, 0.25) is 5.91 Å². The summed E-state index contributed by atoms with van der Waals surface area (Å²) in [6, 6.07) is 20.9. The quantitative estimate of drug-likeness (QED) is 0.504. The van der Waals surface area contributed by atoms with Gasteiger partial charge in [0.05, 0.1) is 12.1 Å². The number of nitrogens with one attached hydrogen (secondary N) is 1. The number of ether oxygens (including phenoxy) is 1. The molecule has 0 bridgehead atoms. The van der Waals surface area contributed by atoms with Gasteiger partial charge in [-0.15, -0.1) is 0 Å². The number of carbonyl (C=O) groups excluding carboxylic acids is 3. The topological polar surface area (TPSA) is 75.7 Å². The zero-order valence-corrected chi connectivity index (χ0v) is 16.5. The number of carbonyl (C=O) groups is 3. The molecule has 4 rings (SSSR count). The van der Waals surface area contributed by atoms with E-state index >= 15 is 0 Å². The Balaban J connectivity index is 1.67. The summed E-state index contributed by atoms with van der Waals surface area (Å²) in [5.41, 5.74) is 1.32. The number of fused-ring (bicyclic) bond motifs is 1. The SMILES string of the molecule is O=C(C[C@@H]1C(=O)Oc2ccccc2N1C(=O)c1cccc(Cl)c1)Nc1ccccc1. The lowest BCUT2D eigenvalue weighted by molar-refractivity contribution is -0.138. The Morgan fingerprint density at radius 3 is 2.47 bits per heavy atom. The minimum Gasteiger partial charge on any atom is -0.423 e. The second-order valence-electron chi connectivity index (χ2n) is 6.71. The van der Waals surface area contributed by atoms with Gasteiger partial charge >= 0.3 is 5.97 Å². The van der Waals surface area contributed by atoms with Crippen molar-refractivity contribution in [2.75, 3.05) is 10.2 Å². The number of hydrogen-bond acceptors (Lipinski definition) is 4. The predicted octanol–water partition coefficient (Wildman–Crippen LogP) is 4.30. The molecule has 6 nitrogen and oxygen atoms in total. The van der Waals surface area contributed by atoms with Crippen molar-refractivity contribution in [3.05, 3.63) is 89.4 Å². The molecule has 3 aromatic carbocycles. The maximum Gasteiger partial charge on any atom is 0.335 e. The summed E-state index contributed by atoms with van der Waals surface area (Å²) in [7, 11) is 0. The molecular weight excluding hydrogens is 404 g/mol. The van der Waals surface area contributed by atoms with Crippen molar-refractivity contribution in [3.63, 3.8) is 0 Å². The monoisotopic (exact) mass is 420 g/mol. The van der Waals surface area contributed by atoms with Crippen LogP contribution in [0.15, 0.2) is 78.9 Å². The van der Waals surface area contributed by atoms with Crippen molar-refractivity contribution in [1.29, 1.82) is 0 Å². The fourth-order valence-corrected chi connectivity index (χ4v) is 3.48. The van der Waals surface area contributed by atoms with Crippen molar-refractivity contribution >= 4 is 40.8 Å². The molecule has 0 aliphatic carbocycles. The average molecular weight is 421 g/mol. The van der Waals surface area contributed by atoms with E-state index in [1.54, 1.807) is 66.7 Å². The summed E-state index contributed by atoms with van der Waals surface area (Å²) in [4.78, 5) is 40.0. The zero-order valence-electron chi connectivity index (χ0n) is 15.7. The number of esters is 1. The van der Waals surface area contributed by atoms with Gasteiger partial charge in [-0.3, -0.25) is 14.5 Å². The highest BCUT2D eigenvalue weighted by Crippen LogP contribution is 2.36. The molecule has 7 heteroatoms. The van der Waals surface area contributed by atoms with Gasteiger partial charge in [0.1, 0.15) is 6.04 Å². The molecule has 1 heterocycles. The molecule has 1 N–H and O–H groups in total. The van der Waals surface area contributed by atoms with E-state index in [4.69, 9.17) is 16.3 Å². The third-order valence-electron chi connectivity index (χ3n) is 4.65. The van der Waals surface area contributed by atoms with Crippen LogP contribution in [0.2, 0.25) is 5.02 Å². The lowest BCUT2D eigenvalue weighted by Crippen LogP contribution is -2.51. The fourth-order valence-electron chi connectivity index (χ4n) is 3.29. The molecule has 0 fully saturated rings. The van der Waals surface area contributed by atoms with Crippen LogP contribution in [-0.2, 0) is 9.59 Å². The van der Waals surface area contributed by atoms with E-state index in [-0.39, 0.29) is 12.2 Å². The fraction of sp³-hybridized carbons (Fsp3) is 0.0870. The van der Waals surface area contributed by atoms with E-state index in [1.807, 2.05) is 6.07 Å². The number of benzene rings is 3. The van der Waals surface area contributed by atoms with Gasteiger partial charge < -0.3 is 10.1 Å². The maximum atomic E-state index is 13.3. The lowest BCUT2D eigenvalue weighted by Gasteiger charge is -2.35. The standard InChI is InChI=1S/C23H17ClN2O4/c24-16-8-6-7-15(13-16)22(28)26-18-11-4-5-12-20(18)30-23(29)19(26)14-21(27)25-17-9-2-1-3-10-17/h1-13,19H,14H2,(H,25,27)/t19-/m1/s1. The van der Waals surface area contributed by atoms with Crippen molar-refractivity contribution < 1.29 is 19.1 Å². The Morgan fingerprint density at radius 1 is 0.967 bits per heavy atom. The van der Waals surface area contributed by atoms with Crippen LogP contribution in [0.25, 0.3) is 0 Å². The molecule has 0 radical (unpaired) electrons. The van der Waals surface area contributed by atoms with Gasteiger partial charge in [0.25, 0.3) is 5.91 Å². The number of hydrogen-bond donors (Lipinski definition) is 1. The van der Waals surface area contributed by atoms with E-state index in [0.29, 0.717) is 22.0 Å². The number of amides is 2. The Labute approximate surface area is 178 Å². The Morgan fingerprint density at radius 2 is 1.70 bits per heavy atom. The van der Waals surface area contributed by atoms with Crippen LogP contribution < -0.4 is 15.0 Å². The van der Waals surface area contributed by atoms with Crippen LogP contribution in [0.4, 0.5) is 11.4 Å². The number of nitrogens with zero attached hydrogens (tertiary/aromatic N) is 1. The van der Waals surface area contributed by atoms with Crippen molar-refractivity contribution in [3.8, 4) is 5.75 Å². The first-order valence-corrected chi connectivity index (χ1v) is 9.65. The van der Waals surface area contributed by atoms with Crippen LogP contribution in [0.3, 0.4) is 0 Å². The molecule has 1 aliphatic heterocycles. The van der Waals surface area contributed by atoms with Gasteiger partial charge in [-0.05, 0) is 42.5 Å². The van der Waals surface area contributed by atoms with E-state index in [0.717, 1.165) is 0 Å². The second-order valence-corrected chi connectivity index (χ2v) is 7.14. The number of halogens is 1. The largest absolute Gasteiger partial charge is 0.423 e. The zero-order chi connectivity index (χ0) is 21.1. The maximum absolute atomic E-state index is 13.3. The van der Waals surface area contributed by atoms with Gasteiger partial charge in [-0.2, -0.15) is 0 Å². The van der Waals surface area contributed by atoms with Gasteiger partial charge in [0, 0.05) is 16.3 Å². The minimum absolute atomic E-state index is 0.256. The molecule has 2 amide bonds. The molecular formula is C23H17ClN2O4. The number of para-hydroxylation sites is 3. The van der Waals surface area contributed by atoms with Gasteiger partial charge in [-0.1, -0.05) is 48.0 Å². The highest BCUT2D eigenvalue weighted by molar-refractivity contribution is 6.31. The van der Waals surface area contributed by atoms with Crippen molar-refractivity contribution in [2.45, 2.75) is 12.5 Å². The highest BCUT2D eigenvalue weighted by Gasteiger charge is 2.40. The van der Waals surface area contributed by atoms with E-state index < -0.39 is 23.8 Å². The smallest absolute Gasteiger partial charge is 0.335 e. The van der Waals surface area contributed by atoms with Crippen molar-refractivity contribution in [2.24, 2.45) is 0 Å². The summed E-state index contributed by atoms with van der Waals surface area (Å²) in [6.07, 6.45) is -0.256. The Kier molecular flexibility index (Phi) is 5.50. The molecule has 3 aromatic rings. The van der Waals surface area contributed by atoms with Crippen molar-refractivity contribution in [1.82, 2.24) is 0 Å². The van der Waals surface area contributed by atoms with Crippen LogP contribution >= 0.6 is 11.6 Å². The summed E-state index contributed by atoms with van der Waals surface area (Å²) in [6.45, 7) is 0. The third-order valence-corrected chi connectivity index (χ3v) is 4.88. The number of rotatable bonds is 4. The summed E-state index contributed by atoms with van der Waals surface area (Å²) in [5.74, 6) is -1.27. The normalized spacial score (nSPS) is 15.2. The number of anilines is 2. The van der Waals surface area contributed by atoms with Crippen LogP contribution in [0, 0.1) is 0 Å². The lowest BCUT2D eigenvalue weighted by atomic mass is 10.0. The summed E-state index contributed by atoms with van der Waals surface area (Å²) in [5, 5.41) is 3.13. The highest BCUT2D eigenvalue weighted by atomic mass is 35.5. The molecule has 0 saturated carbocycles. The van der Waals surface area contributed by atoms with E-state index in [2.05, 4.69) is 5.32 Å². The van der Waals surface area contributed by atoms with Gasteiger partial charge in [0.15, 0.2) is 5.75 Å². The first kappa shape index (κ1) is 19.7. The third kappa shape index (κ3) is 4.04. The summed E-state index contributed by atoms with van der Waals surface area (Å²) < 4.78 is 5.40. The predicted molar refractivity (Wildman–Crippen MR) is 114 cm³/mol.